The van der Waals surface area contributed by atoms with Gasteiger partial charge in [0.15, 0.2) is 0 Å². The van der Waals surface area contributed by atoms with Gasteiger partial charge >= 0.3 is 0 Å². The normalized spacial score (nSPS) is 12.1. The monoisotopic (exact) mass is 452 g/mol. The lowest BCUT2D eigenvalue weighted by Crippen LogP contribution is -2.28. The summed E-state index contributed by atoms with van der Waals surface area (Å²) < 4.78 is 32.1. The lowest BCUT2D eigenvalue weighted by atomic mass is 10.0. The van der Waals surface area contributed by atoms with E-state index in [4.69, 9.17) is 4.74 Å². The summed E-state index contributed by atoms with van der Waals surface area (Å²) >= 11 is 0. The largest absolute Gasteiger partial charge is 0.497 e. The number of amides is 1. The third-order valence-electron chi connectivity index (χ3n) is 5.40. The van der Waals surface area contributed by atoms with E-state index in [1.165, 1.54) is 36.2 Å². The zero-order chi connectivity index (χ0) is 23.3. The van der Waals surface area contributed by atoms with Crippen molar-refractivity contribution in [2.24, 2.45) is 0 Å². The number of hydrogen-bond acceptors (Lipinski definition) is 4. The van der Waals surface area contributed by atoms with Gasteiger partial charge in [-0.25, -0.2) is 8.42 Å². The van der Waals surface area contributed by atoms with Gasteiger partial charge in [0.1, 0.15) is 5.75 Å². The van der Waals surface area contributed by atoms with Crippen LogP contribution in [0.3, 0.4) is 0 Å². The maximum absolute atomic E-state index is 12.9. The Hall–Kier alpha value is -3.32. The zero-order valence-corrected chi connectivity index (χ0v) is 19.5. The van der Waals surface area contributed by atoms with E-state index < -0.39 is 10.0 Å². The van der Waals surface area contributed by atoms with Crippen molar-refractivity contribution in [1.29, 1.82) is 0 Å². The van der Waals surface area contributed by atoms with E-state index in [9.17, 15) is 13.2 Å². The number of nitrogens with zero attached hydrogens (tertiary/aromatic N) is 1. The molecule has 0 spiro atoms. The molecule has 168 valence electrons. The summed E-state index contributed by atoms with van der Waals surface area (Å²) in [5.74, 6) is 0.377. The van der Waals surface area contributed by atoms with Crippen molar-refractivity contribution < 1.29 is 17.9 Å². The first-order valence-corrected chi connectivity index (χ1v) is 11.8. The maximum Gasteiger partial charge on any atom is 0.264 e. The summed E-state index contributed by atoms with van der Waals surface area (Å²) in [6.45, 7) is 4.05. The molecule has 0 heterocycles. The van der Waals surface area contributed by atoms with Crippen LogP contribution >= 0.6 is 0 Å². The fourth-order valence-electron chi connectivity index (χ4n) is 3.33. The third-order valence-corrected chi connectivity index (χ3v) is 7.20. The Bertz CT molecular complexity index is 1160. The molecule has 7 heteroatoms. The smallest absolute Gasteiger partial charge is 0.264 e. The number of aryl methyl sites for hydroxylation is 1. The number of benzene rings is 3. The SMILES string of the molecule is CCC(NC(=O)c1ccc(N(C)S(=O)(=O)c2ccc(OC)cc2)cc1)c1ccc(C)cc1. The Morgan fingerprint density at radius 1 is 0.969 bits per heavy atom. The van der Waals surface area contributed by atoms with Crippen LogP contribution in [0.25, 0.3) is 0 Å². The molecule has 0 saturated heterocycles. The summed E-state index contributed by atoms with van der Waals surface area (Å²) in [5.41, 5.74) is 3.14. The van der Waals surface area contributed by atoms with E-state index in [-0.39, 0.29) is 16.8 Å². The number of hydrogen-bond donors (Lipinski definition) is 1. The van der Waals surface area contributed by atoms with Crippen molar-refractivity contribution in [3.8, 4) is 5.75 Å². The van der Waals surface area contributed by atoms with Gasteiger partial charge in [0.25, 0.3) is 15.9 Å². The highest BCUT2D eigenvalue weighted by molar-refractivity contribution is 7.92. The molecule has 1 N–H and O–H groups in total. The van der Waals surface area contributed by atoms with E-state index in [1.54, 1.807) is 36.4 Å². The number of rotatable bonds is 8. The van der Waals surface area contributed by atoms with Crippen LogP contribution in [-0.4, -0.2) is 28.5 Å². The van der Waals surface area contributed by atoms with Crippen LogP contribution in [0.5, 0.6) is 5.75 Å². The van der Waals surface area contributed by atoms with Gasteiger partial charge in [-0.05, 0) is 67.4 Å². The molecule has 3 aromatic rings. The predicted octanol–water partition coefficient (Wildman–Crippen LogP) is 4.71. The molecule has 0 aliphatic rings. The number of sulfonamides is 1. The highest BCUT2D eigenvalue weighted by atomic mass is 32.2. The van der Waals surface area contributed by atoms with Gasteiger partial charge < -0.3 is 10.1 Å². The Labute approximate surface area is 189 Å². The minimum atomic E-state index is -3.74. The number of carbonyl (C=O) groups excluding carboxylic acids is 1. The van der Waals surface area contributed by atoms with Gasteiger partial charge in [-0.1, -0.05) is 36.8 Å². The fourth-order valence-corrected chi connectivity index (χ4v) is 4.52. The predicted molar refractivity (Wildman–Crippen MR) is 127 cm³/mol. The third kappa shape index (κ3) is 5.11. The molecule has 0 radical (unpaired) electrons. The minimum Gasteiger partial charge on any atom is -0.497 e. The molecule has 6 nitrogen and oxygen atoms in total. The lowest BCUT2D eigenvalue weighted by molar-refractivity contribution is 0.0935. The van der Waals surface area contributed by atoms with Crippen molar-refractivity contribution in [2.45, 2.75) is 31.2 Å². The molecular formula is C25H28N2O4S. The fraction of sp³-hybridized carbons (Fsp3) is 0.240. The highest BCUT2D eigenvalue weighted by Crippen LogP contribution is 2.24. The van der Waals surface area contributed by atoms with Gasteiger partial charge in [0, 0.05) is 12.6 Å². The Morgan fingerprint density at radius 3 is 2.09 bits per heavy atom. The maximum atomic E-state index is 12.9. The van der Waals surface area contributed by atoms with Gasteiger partial charge in [-0.15, -0.1) is 0 Å². The number of carbonyl (C=O) groups is 1. The summed E-state index contributed by atoms with van der Waals surface area (Å²) in [6, 6.07) is 20.7. The topological polar surface area (TPSA) is 75.7 Å². The van der Waals surface area contributed by atoms with Crippen molar-refractivity contribution in [3.05, 3.63) is 89.5 Å². The average Bonchev–Trinajstić information content (AvgIpc) is 2.82. The molecule has 3 aromatic carbocycles. The quantitative estimate of drug-likeness (QED) is 0.537. The highest BCUT2D eigenvalue weighted by Gasteiger charge is 2.22. The number of ether oxygens (including phenoxy) is 1. The van der Waals surface area contributed by atoms with Gasteiger partial charge in [0.05, 0.1) is 23.7 Å². The molecule has 0 saturated carbocycles. The standard InChI is InChI=1S/C25H28N2O4S/c1-5-24(19-8-6-18(2)7-9-19)26-25(28)20-10-12-21(13-11-20)27(3)32(29,30)23-16-14-22(31-4)15-17-23/h6-17,24H,5H2,1-4H3,(H,26,28). The van der Waals surface area contributed by atoms with Crippen molar-refractivity contribution >= 4 is 21.6 Å². The Kier molecular flexibility index (Phi) is 7.20. The van der Waals surface area contributed by atoms with E-state index in [0.717, 1.165) is 12.0 Å². The summed E-state index contributed by atoms with van der Waals surface area (Å²) in [4.78, 5) is 12.9. The molecule has 1 unspecified atom stereocenters. The van der Waals surface area contributed by atoms with Gasteiger partial charge in [-0.3, -0.25) is 9.10 Å². The minimum absolute atomic E-state index is 0.0964. The van der Waals surface area contributed by atoms with Crippen molar-refractivity contribution in [2.75, 3.05) is 18.5 Å². The molecule has 1 atom stereocenters. The van der Waals surface area contributed by atoms with Crippen LogP contribution in [0.1, 0.15) is 40.9 Å². The number of nitrogens with one attached hydrogen (secondary N) is 1. The van der Waals surface area contributed by atoms with E-state index in [2.05, 4.69) is 5.32 Å². The second kappa shape index (κ2) is 9.87. The van der Waals surface area contributed by atoms with Crippen molar-refractivity contribution in [1.82, 2.24) is 5.32 Å². The summed E-state index contributed by atoms with van der Waals surface area (Å²) in [6.07, 6.45) is 0.760. The second-order valence-corrected chi connectivity index (χ2v) is 9.51. The Morgan fingerprint density at radius 2 is 1.56 bits per heavy atom. The van der Waals surface area contributed by atoms with Crippen LogP contribution < -0.4 is 14.4 Å². The molecule has 3 rings (SSSR count). The Balaban J connectivity index is 1.74. The van der Waals surface area contributed by atoms with Gasteiger partial charge in [0.2, 0.25) is 0 Å². The number of methoxy groups -OCH3 is 1. The van der Waals surface area contributed by atoms with Crippen LogP contribution in [0.15, 0.2) is 77.7 Å². The molecule has 0 aliphatic carbocycles. The average molecular weight is 453 g/mol. The molecule has 0 bridgehead atoms. The second-order valence-electron chi connectivity index (χ2n) is 7.54. The molecule has 1 amide bonds. The molecular weight excluding hydrogens is 424 g/mol. The first-order chi connectivity index (χ1) is 15.3. The van der Waals surface area contributed by atoms with Crippen LogP contribution in [0.2, 0.25) is 0 Å². The lowest BCUT2D eigenvalue weighted by Gasteiger charge is -2.20. The van der Waals surface area contributed by atoms with E-state index >= 15 is 0 Å². The molecule has 0 aromatic heterocycles. The van der Waals surface area contributed by atoms with Gasteiger partial charge in [-0.2, -0.15) is 0 Å². The summed E-state index contributed by atoms with van der Waals surface area (Å²) in [5, 5.41) is 3.05. The first-order valence-electron chi connectivity index (χ1n) is 10.4. The van der Waals surface area contributed by atoms with Crippen LogP contribution in [0.4, 0.5) is 5.69 Å². The first kappa shape index (κ1) is 23.3. The van der Waals surface area contributed by atoms with Crippen molar-refractivity contribution in [3.63, 3.8) is 0 Å². The zero-order valence-electron chi connectivity index (χ0n) is 18.7. The molecule has 32 heavy (non-hydrogen) atoms. The molecule has 0 aliphatic heterocycles. The molecule has 0 fully saturated rings. The number of anilines is 1. The van der Waals surface area contributed by atoms with Crippen LogP contribution in [0, 0.1) is 6.92 Å². The van der Waals surface area contributed by atoms with E-state index in [0.29, 0.717) is 17.0 Å². The van der Waals surface area contributed by atoms with E-state index in [1.807, 2.05) is 38.1 Å². The van der Waals surface area contributed by atoms with Crippen LogP contribution in [-0.2, 0) is 10.0 Å². The summed E-state index contributed by atoms with van der Waals surface area (Å²) in [7, 11) is -0.726.